The first-order chi connectivity index (χ1) is 9.25. The predicted octanol–water partition coefficient (Wildman–Crippen LogP) is 2.20. The third-order valence-electron chi connectivity index (χ3n) is 3.17. The highest BCUT2D eigenvalue weighted by Gasteiger charge is 2.20. The number of aliphatic hydroxyl groups is 1. The second-order valence-corrected chi connectivity index (χ2v) is 6.02. The zero-order chi connectivity index (χ0) is 15.3. The third kappa shape index (κ3) is 4.53. The molecule has 4 nitrogen and oxygen atoms in total. The van der Waals surface area contributed by atoms with Crippen molar-refractivity contribution in [3.8, 4) is 5.75 Å². The first kappa shape index (κ1) is 16.5. The van der Waals surface area contributed by atoms with E-state index in [0.717, 1.165) is 0 Å². The fourth-order valence-corrected chi connectivity index (χ4v) is 1.86. The number of likely N-dealkylation sites (N-methyl/N-ethyl adjacent to an activating group) is 1. The Hall–Kier alpha value is -1.55. The Morgan fingerprint density at radius 1 is 1.40 bits per heavy atom. The van der Waals surface area contributed by atoms with Gasteiger partial charge in [-0.25, -0.2) is 0 Å². The Morgan fingerprint density at radius 3 is 2.60 bits per heavy atom. The predicted molar refractivity (Wildman–Crippen MR) is 80.0 cm³/mol. The normalized spacial score (nSPS) is 12.9. The molecule has 1 N–H and O–H groups in total. The average molecular weight is 279 g/mol. The van der Waals surface area contributed by atoms with Crippen LogP contribution >= 0.6 is 0 Å². The highest BCUT2D eigenvalue weighted by molar-refractivity contribution is 5.80. The van der Waals surface area contributed by atoms with Gasteiger partial charge < -0.3 is 14.7 Å². The monoisotopic (exact) mass is 279 g/mol. The topological polar surface area (TPSA) is 49.8 Å². The van der Waals surface area contributed by atoms with Crippen LogP contribution in [0.25, 0.3) is 0 Å². The van der Waals surface area contributed by atoms with E-state index in [2.05, 4.69) is 26.8 Å². The van der Waals surface area contributed by atoms with Crippen molar-refractivity contribution < 1.29 is 14.6 Å². The van der Waals surface area contributed by atoms with Crippen LogP contribution in [0.5, 0.6) is 5.75 Å². The minimum Gasteiger partial charge on any atom is -0.481 e. The summed E-state index contributed by atoms with van der Waals surface area (Å²) in [6, 6.07) is 7.81. The smallest absolute Gasteiger partial charge is 0.263 e. The van der Waals surface area contributed by atoms with Gasteiger partial charge in [-0.1, -0.05) is 32.9 Å². The van der Waals surface area contributed by atoms with Crippen molar-refractivity contribution in [2.24, 2.45) is 0 Å². The molecule has 0 aliphatic heterocycles. The van der Waals surface area contributed by atoms with E-state index >= 15 is 0 Å². The van der Waals surface area contributed by atoms with Crippen LogP contribution in [0.15, 0.2) is 24.3 Å². The number of benzene rings is 1. The molecule has 0 saturated carbocycles. The van der Waals surface area contributed by atoms with E-state index in [-0.39, 0.29) is 17.9 Å². The van der Waals surface area contributed by atoms with Crippen molar-refractivity contribution in [3.63, 3.8) is 0 Å². The SMILES string of the molecule is CC(Oc1cccc(C(C)(C)C)c1)C(=O)N(C)CCO. The quantitative estimate of drug-likeness (QED) is 0.899. The molecule has 0 spiro atoms. The Balaban J connectivity index is 2.76. The molecule has 1 rings (SSSR count). The van der Waals surface area contributed by atoms with Crippen LogP contribution in [0.4, 0.5) is 0 Å². The summed E-state index contributed by atoms with van der Waals surface area (Å²) < 4.78 is 5.71. The molecule has 1 aromatic rings. The minimum atomic E-state index is -0.568. The molecule has 0 saturated heterocycles. The van der Waals surface area contributed by atoms with E-state index < -0.39 is 6.10 Å². The standard InChI is InChI=1S/C16H25NO3/c1-12(15(19)17(5)9-10-18)20-14-8-6-7-13(11-14)16(2,3)4/h6-8,11-12,18H,9-10H2,1-5H3. The van der Waals surface area contributed by atoms with Gasteiger partial charge >= 0.3 is 0 Å². The number of hydrogen-bond acceptors (Lipinski definition) is 3. The zero-order valence-corrected chi connectivity index (χ0v) is 13.0. The van der Waals surface area contributed by atoms with E-state index in [4.69, 9.17) is 9.84 Å². The maximum absolute atomic E-state index is 12.0. The lowest BCUT2D eigenvalue weighted by atomic mass is 9.87. The maximum atomic E-state index is 12.0. The van der Waals surface area contributed by atoms with Crippen molar-refractivity contribution in [2.45, 2.75) is 39.2 Å². The second kappa shape index (κ2) is 6.75. The van der Waals surface area contributed by atoms with Crippen molar-refractivity contribution >= 4 is 5.91 Å². The molecular formula is C16H25NO3. The highest BCUT2D eigenvalue weighted by atomic mass is 16.5. The van der Waals surface area contributed by atoms with Crippen LogP contribution in [0.2, 0.25) is 0 Å². The summed E-state index contributed by atoms with van der Waals surface area (Å²) in [7, 11) is 1.66. The van der Waals surface area contributed by atoms with Crippen LogP contribution in [0.3, 0.4) is 0 Å². The fourth-order valence-electron chi connectivity index (χ4n) is 1.86. The molecule has 1 unspecified atom stereocenters. The molecule has 0 aromatic heterocycles. The first-order valence-electron chi connectivity index (χ1n) is 6.88. The molecule has 20 heavy (non-hydrogen) atoms. The van der Waals surface area contributed by atoms with E-state index in [0.29, 0.717) is 12.3 Å². The Labute approximate surface area is 121 Å². The lowest BCUT2D eigenvalue weighted by molar-refractivity contribution is -0.137. The summed E-state index contributed by atoms with van der Waals surface area (Å²) in [6.07, 6.45) is -0.568. The van der Waals surface area contributed by atoms with Gasteiger partial charge in [0.1, 0.15) is 5.75 Å². The number of aliphatic hydroxyl groups excluding tert-OH is 1. The number of carbonyl (C=O) groups is 1. The molecule has 0 aliphatic rings. The summed E-state index contributed by atoms with van der Waals surface area (Å²) in [5.41, 5.74) is 1.21. The van der Waals surface area contributed by atoms with Crippen LogP contribution in [0, 0.1) is 0 Å². The maximum Gasteiger partial charge on any atom is 0.263 e. The number of hydrogen-bond donors (Lipinski definition) is 1. The van der Waals surface area contributed by atoms with Crippen molar-refractivity contribution in [3.05, 3.63) is 29.8 Å². The van der Waals surface area contributed by atoms with Gasteiger partial charge in [0.2, 0.25) is 0 Å². The summed E-state index contributed by atoms with van der Waals surface area (Å²) in [4.78, 5) is 13.5. The third-order valence-corrected chi connectivity index (χ3v) is 3.17. The minimum absolute atomic E-state index is 0.0420. The van der Waals surface area contributed by atoms with Gasteiger partial charge in [0, 0.05) is 13.6 Å². The fraction of sp³-hybridized carbons (Fsp3) is 0.562. The van der Waals surface area contributed by atoms with Crippen LogP contribution < -0.4 is 4.74 Å². The summed E-state index contributed by atoms with van der Waals surface area (Å²) in [5.74, 6) is 0.552. The number of carbonyl (C=O) groups excluding carboxylic acids is 1. The van der Waals surface area contributed by atoms with Crippen LogP contribution in [-0.4, -0.2) is 42.2 Å². The van der Waals surface area contributed by atoms with Gasteiger partial charge in [0.05, 0.1) is 6.61 Å². The summed E-state index contributed by atoms with van der Waals surface area (Å²) in [6.45, 7) is 8.39. The van der Waals surface area contributed by atoms with Crippen molar-refractivity contribution in [1.82, 2.24) is 4.90 Å². The molecule has 0 heterocycles. The number of amides is 1. The lowest BCUT2D eigenvalue weighted by Gasteiger charge is -2.23. The Morgan fingerprint density at radius 2 is 2.05 bits per heavy atom. The molecule has 0 radical (unpaired) electrons. The molecule has 4 heteroatoms. The van der Waals surface area contributed by atoms with Crippen LogP contribution in [-0.2, 0) is 10.2 Å². The molecule has 1 amide bonds. The lowest BCUT2D eigenvalue weighted by Crippen LogP contribution is -2.39. The zero-order valence-electron chi connectivity index (χ0n) is 13.0. The number of rotatable bonds is 5. The second-order valence-electron chi connectivity index (χ2n) is 6.02. The molecule has 0 aliphatic carbocycles. The number of ether oxygens (including phenoxy) is 1. The molecule has 0 fully saturated rings. The first-order valence-corrected chi connectivity index (χ1v) is 6.88. The van der Waals surface area contributed by atoms with Gasteiger partial charge in [-0.3, -0.25) is 4.79 Å². The highest BCUT2D eigenvalue weighted by Crippen LogP contribution is 2.26. The molecule has 1 atom stereocenters. The Kier molecular flexibility index (Phi) is 5.57. The average Bonchev–Trinajstić information content (AvgIpc) is 2.37. The molecule has 112 valence electrons. The summed E-state index contributed by atoms with van der Waals surface area (Å²) >= 11 is 0. The van der Waals surface area contributed by atoms with Crippen molar-refractivity contribution in [2.75, 3.05) is 20.2 Å². The molecule has 0 bridgehead atoms. The molecular weight excluding hydrogens is 254 g/mol. The van der Waals surface area contributed by atoms with E-state index in [1.807, 2.05) is 18.2 Å². The van der Waals surface area contributed by atoms with E-state index in [9.17, 15) is 4.79 Å². The van der Waals surface area contributed by atoms with Crippen molar-refractivity contribution in [1.29, 1.82) is 0 Å². The van der Waals surface area contributed by atoms with E-state index in [1.54, 1.807) is 14.0 Å². The molecule has 1 aromatic carbocycles. The van der Waals surface area contributed by atoms with Gasteiger partial charge in [0.25, 0.3) is 5.91 Å². The number of nitrogens with zero attached hydrogens (tertiary/aromatic N) is 1. The van der Waals surface area contributed by atoms with Gasteiger partial charge in [-0.15, -0.1) is 0 Å². The van der Waals surface area contributed by atoms with Gasteiger partial charge in [-0.05, 0) is 30.0 Å². The largest absolute Gasteiger partial charge is 0.481 e. The van der Waals surface area contributed by atoms with Crippen LogP contribution in [0.1, 0.15) is 33.3 Å². The van der Waals surface area contributed by atoms with Gasteiger partial charge in [0.15, 0.2) is 6.10 Å². The van der Waals surface area contributed by atoms with Gasteiger partial charge in [-0.2, -0.15) is 0 Å². The van der Waals surface area contributed by atoms with E-state index in [1.165, 1.54) is 10.5 Å². The Bertz CT molecular complexity index is 451. The summed E-state index contributed by atoms with van der Waals surface area (Å²) in [5, 5.41) is 8.85.